The van der Waals surface area contributed by atoms with Gasteiger partial charge in [-0.3, -0.25) is 4.79 Å². The van der Waals surface area contributed by atoms with Crippen molar-refractivity contribution in [3.8, 4) is 0 Å². The SMILES string of the molecule is CC1=C2CC3(CC[C@]2(C)[C@H]2CC[C@]4(C)C(=O)CC[C@H]4[C@@H]2C1)OCCO3. The second-order valence-corrected chi connectivity index (χ2v) is 9.96. The number of carbonyl (C=O) groups excluding carboxylic acids is 1. The van der Waals surface area contributed by atoms with Gasteiger partial charge in [0, 0.05) is 24.7 Å². The molecule has 5 aliphatic rings. The Kier molecular flexibility index (Phi) is 3.43. The zero-order valence-corrected chi connectivity index (χ0v) is 16.0. The molecule has 0 aromatic rings. The third-order valence-corrected chi connectivity index (χ3v) is 9.00. The van der Waals surface area contributed by atoms with Crippen LogP contribution < -0.4 is 0 Å². The maximum absolute atomic E-state index is 12.6. The van der Waals surface area contributed by atoms with E-state index in [2.05, 4.69) is 20.8 Å². The van der Waals surface area contributed by atoms with Crippen LogP contribution in [0, 0.1) is 28.6 Å². The second kappa shape index (κ2) is 5.19. The highest BCUT2D eigenvalue weighted by atomic mass is 16.7. The molecule has 1 spiro atoms. The molecule has 3 nitrogen and oxygen atoms in total. The van der Waals surface area contributed by atoms with Crippen LogP contribution in [0.4, 0.5) is 0 Å². The lowest BCUT2D eigenvalue weighted by Gasteiger charge is -2.59. The van der Waals surface area contributed by atoms with Gasteiger partial charge in [0.25, 0.3) is 0 Å². The molecule has 0 unspecified atom stereocenters. The molecule has 25 heavy (non-hydrogen) atoms. The summed E-state index contributed by atoms with van der Waals surface area (Å²) in [7, 11) is 0. The molecule has 4 aliphatic carbocycles. The number of fused-ring (bicyclic) bond motifs is 5. The first kappa shape index (κ1) is 16.5. The molecule has 1 saturated heterocycles. The van der Waals surface area contributed by atoms with Gasteiger partial charge in [-0.2, -0.15) is 0 Å². The lowest BCUT2D eigenvalue weighted by molar-refractivity contribution is -0.185. The Labute approximate surface area is 151 Å². The average Bonchev–Trinajstić information content (AvgIpc) is 3.15. The summed E-state index contributed by atoms with van der Waals surface area (Å²) < 4.78 is 12.1. The fourth-order valence-electron chi connectivity index (χ4n) is 7.56. The Morgan fingerprint density at radius 3 is 2.44 bits per heavy atom. The molecule has 138 valence electrons. The van der Waals surface area contributed by atoms with Crippen LogP contribution in [0.1, 0.15) is 72.1 Å². The van der Waals surface area contributed by atoms with Gasteiger partial charge in [-0.05, 0) is 62.2 Å². The molecule has 0 N–H and O–H groups in total. The van der Waals surface area contributed by atoms with E-state index in [9.17, 15) is 4.79 Å². The van der Waals surface area contributed by atoms with Crippen LogP contribution in [0.25, 0.3) is 0 Å². The van der Waals surface area contributed by atoms with Crippen molar-refractivity contribution in [3.63, 3.8) is 0 Å². The standard InChI is InChI=1S/C22H32O3/c1-14-12-15-16-4-5-19(23)21(16,3)7-6-17(15)20(2)8-9-22(13-18(14)20)24-10-11-25-22/h15-17H,4-13H2,1-3H3/t15-,16-,17-,20+,21-/m0/s1. The number of hydrogen-bond acceptors (Lipinski definition) is 3. The molecular weight excluding hydrogens is 312 g/mol. The van der Waals surface area contributed by atoms with Gasteiger partial charge in [0.05, 0.1) is 13.2 Å². The minimum absolute atomic E-state index is 0.0249. The van der Waals surface area contributed by atoms with Gasteiger partial charge in [-0.25, -0.2) is 0 Å². The molecule has 0 radical (unpaired) electrons. The van der Waals surface area contributed by atoms with Gasteiger partial charge in [-0.15, -0.1) is 0 Å². The van der Waals surface area contributed by atoms with E-state index in [1.165, 1.54) is 19.3 Å². The number of allylic oxidation sites excluding steroid dienone is 1. The van der Waals surface area contributed by atoms with Crippen LogP contribution in [-0.4, -0.2) is 24.8 Å². The van der Waals surface area contributed by atoms with E-state index in [-0.39, 0.29) is 11.2 Å². The predicted molar refractivity (Wildman–Crippen MR) is 96.0 cm³/mol. The molecule has 0 amide bonds. The maximum atomic E-state index is 12.6. The summed E-state index contributed by atoms with van der Waals surface area (Å²) in [5.41, 5.74) is 3.48. The van der Waals surface area contributed by atoms with Gasteiger partial charge in [0.15, 0.2) is 5.79 Å². The number of ketones is 1. The van der Waals surface area contributed by atoms with Crippen molar-refractivity contribution in [1.82, 2.24) is 0 Å². The zero-order chi connectivity index (χ0) is 17.4. The molecule has 5 rings (SSSR count). The van der Waals surface area contributed by atoms with Crippen LogP contribution in [0.5, 0.6) is 0 Å². The van der Waals surface area contributed by atoms with Crippen molar-refractivity contribution in [3.05, 3.63) is 11.1 Å². The Balaban J connectivity index is 1.52. The summed E-state index contributed by atoms with van der Waals surface area (Å²) in [6.45, 7) is 8.63. The maximum Gasteiger partial charge on any atom is 0.172 e. The zero-order valence-electron chi connectivity index (χ0n) is 16.0. The monoisotopic (exact) mass is 344 g/mol. The summed E-state index contributed by atoms with van der Waals surface area (Å²) in [5, 5.41) is 0. The van der Waals surface area contributed by atoms with Gasteiger partial charge in [-0.1, -0.05) is 25.0 Å². The van der Waals surface area contributed by atoms with Crippen LogP contribution in [0.2, 0.25) is 0 Å². The highest BCUT2D eigenvalue weighted by Gasteiger charge is 2.60. The minimum Gasteiger partial charge on any atom is -0.347 e. The van der Waals surface area contributed by atoms with Crippen molar-refractivity contribution in [2.24, 2.45) is 28.6 Å². The van der Waals surface area contributed by atoms with Crippen LogP contribution >= 0.6 is 0 Å². The Morgan fingerprint density at radius 2 is 1.68 bits per heavy atom. The van der Waals surface area contributed by atoms with Crippen molar-refractivity contribution >= 4 is 5.78 Å². The molecule has 0 aromatic heterocycles. The number of Topliss-reactive ketones (excluding diaryl/α,β-unsaturated/α-hetero) is 1. The smallest absolute Gasteiger partial charge is 0.172 e. The van der Waals surface area contributed by atoms with E-state index in [1.807, 2.05) is 0 Å². The summed E-state index contributed by atoms with van der Waals surface area (Å²) in [4.78, 5) is 12.6. The predicted octanol–water partition coefficient (Wildman–Crippen LogP) is 4.65. The Bertz CT molecular complexity index is 644. The highest BCUT2D eigenvalue weighted by molar-refractivity contribution is 5.87. The number of rotatable bonds is 0. The van der Waals surface area contributed by atoms with E-state index in [4.69, 9.17) is 9.47 Å². The minimum atomic E-state index is -0.324. The van der Waals surface area contributed by atoms with Crippen LogP contribution in [0.3, 0.4) is 0 Å². The first-order valence-electron chi connectivity index (χ1n) is 10.4. The third kappa shape index (κ3) is 2.09. The molecular formula is C22H32O3. The first-order chi connectivity index (χ1) is 11.9. The average molecular weight is 344 g/mol. The summed E-state index contributed by atoms with van der Waals surface area (Å²) in [6.07, 6.45) is 8.66. The molecule has 1 heterocycles. The lowest BCUT2D eigenvalue weighted by atomic mass is 9.46. The van der Waals surface area contributed by atoms with E-state index in [0.29, 0.717) is 23.0 Å². The van der Waals surface area contributed by atoms with Crippen molar-refractivity contribution in [1.29, 1.82) is 0 Å². The number of hydrogen-bond donors (Lipinski definition) is 0. The first-order valence-corrected chi connectivity index (χ1v) is 10.4. The topological polar surface area (TPSA) is 35.5 Å². The van der Waals surface area contributed by atoms with Crippen LogP contribution in [-0.2, 0) is 14.3 Å². The largest absolute Gasteiger partial charge is 0.347 e. The van der Waals surface area contributed by atoms with Crippen molar-refractivity contribution in [2.75, 3.05) is 13.2 Å². The second-order valence-electron chi connectivity index (χ2n) is 9.96. The Morgan fingerprint density at radius 1 is 0.960 bits per heavy atom. The quantitative estimate of drug-likeness (QED) is 0.600. The fourth-order valence-corrected chi connectivity index (χ4v) is 7.56. The third-order valence-electron chi connectivity index (χ3n) is 9.00. The summed E-state index contributed by atoms with van der Waals surface area (Å²) in [6, 6.07) is 0. The van der Waals surface area contributed by atoms with E-state index in [0.717, 1.165) is 51.2 Å². The Hall–Kier alpha value is -0.670. The summed E-state index contributed by atoms with van der Waals surface area (Å²) in [5.74, 6) is 2.29. The van der Waals surface area contributed by atoms with Gasteiger partial charge in [0.1, 0.15) is 5.78 Å². The molecule has 5 atom stereocenters. The van der Waals surface area contributed by atoms with Gasteiger partial charge >= 0.3 is 0 Å². The van der Waals surface area contributed by atoms with Gasteiger partial charge in [0.2, 0.25) is 0 Å². The molecule has 3 saturated carbocycles. The number of ether oxygens (including phenoxy) is 2. The van der Waals surface area contributed by atoms with E-state index >= 15 is 0 Å². The summed E-state index contributed by atoms with van der Waals surface area (Å²) >= 11 is 0. The highest BCUT2D eigenvalue weighted by Crippen LogP contribution is 2.66. The van der Waals surface area contributed by atoms with E-state index in [1.54, 1.807) is 11.1 Å². The lowest BCUT2D eigenvalue weighted by Crippen LogP contribution is -2.53. The number of carbonyl (C=O) groups is 1. The van der Waals surface area contributed by atoms with Gasteiger partial charge < -0.3 is 9.47 Å². The fraction of sp³-hybridized carbons (Fsp3) is 0.864. The molecule has 0 aromatic carbocycles. The normalized spacial score (nSPS) is 48.4. The van der Waals surface area contributed by atoms with E-state index < -0.39 is 0 Å². The van der Waals surface area contributed by atoms with Crippen LogP contribution in [0.15, 0.2) is 11.1 Å². The molecule has 4 fully saturated rings. The molecule has 3 heteroatoms. The molecule has 0 bridgehead atoms. The van der Waals surface area contributed by atoms with Crippen molar-refractivity contribution < 1.29 is 14.3 Å². The molecule has 1 aliphatic heterocycles. The van der Waals surface area contributed by atoms with Crippen molar-refractivity contribution in [2.45, 2.75) is 77.9 Å².